The second-order valence-corrected chi connectivity index (χ2v) is 4.30. The second kappa shape index (κ2) is 5.17. The Balaban J connectivity index is 2.39. The molecule has 0 saturated carbocycles. The van der Waals surface area contributed by atoms with Crippen molar-refractivity contribution in [1.29, 1.82) is 0 Å². The molecule has 1 saturated heterocycles. The highest BCUT2D eigenvalue weighted by molar-refractivity contribution is 6.15. The van der Waals surface area contributed by atoms with Gasteiger partial charge < -0.3 is 5.11 Å². The number of imide groups is 1. The van der Waals surface area contributed by atoms with Crippen molar-refractivity contribution in [3.05, 3.63) is 29.6 Å². The maximum absolute atomic E-state index is 13.6. The average Bonchev–Trinajstić information content (AvgIpc) is 2.50. The first kappa shape index (κ1) is 13.2. The van der Waals surface area contributed by atoms with E-state index in [4.69, 9.17) is 5.11 Å². The number of hydrogen-bond acceptors (Lipinski definition) is 3. The highest BCUT2D eigenvalue weighted by Gasteiger charge is 2.26. The van der Waals surface area contributed by atoms with E-state index in [2.05, 4.69) is 0 Å². The molecule has 1 aromatic carbocycles. The van der Waals surface area contributed by atoms with Crippen molar-refractivity contribution in [1.82, 2.24) is 0 Å². The molecule has 2 rings (SSSR count). The molecule has 0 aliphatic carbocycles. The number of anilines is 1. The fourth-order valence-corrected chi connectivity index (χ4v) is 2.02. The molecule has 0 radical (unpaired) electrons. The number of carbonyl (C=O) groups is 3. The van der Waals surface area contributed by atoms with Crippen molar-refractivity contribution in [3.8, 4) is 0 Å². The Morgan fingerprint density at radius 3 is 2.21 bits per heavy atom. The first-order chi connectivity index (χ1) is 9.00. The first-order valence-electron chi connectivity index (χ1n) is 5.89. The van der Waals surface area contributed by atoms with E-state index in [9.17, 15) is 18.8 Å². The van der Waals surface area contributed by atoms with Crippen LogP contribution in [0.25, 0.3) is 0 Å². The molecule has 1 aromatic rings. The zero-order valence-corrected chi connectivity index (χ0v) is 10.1. The summed E-state index contributed by atoms with van der Waals surface area (Å²) in [6.07, 6.45) is 1.70. The number of amides is 2. The number of benzene rings is 1. The van der Waals surface area contributed by atoms with Crippen LogP contribution in [0.2, 0.25) is 0 Å². The zero-order valence-electron chi connectivity index (χ0n) is 10.1. The minimum absolute atomic E-state index is 0.0828. The molecule has 5 nitrogen and oxygen atoms in total. The fraction of sp³-hybridized carbons (Fsp3) is 0.308. The normalized spacial score (nSPS) is 16.4. The summed E-state index contributed by atoms with van der Waals surface area (Å²) in [5.41, 5.74) is -0.405. The average molecular weight is 265 g/mol. The molecule has 0 atom stereocenters. The van der Waals surface area contributed by atoms with Gasteiger partial charge >= 0.3 is 5.97 Å². The first-order valence-corrected chi connectivity index (χ1v) is 5.89. The lowest BCUT2D eigenvalue weighted by Crippen LogP contribution is -2.35. The molecule has 1 N–H and O–H groups in total. The third-order valence-corrected chi connectivity index (χ3v) is 2.97. The second-order valence-electron chi connectivity index (χ2n) is 4.30. The van der Waals surface area contributed by atoms with Gasteiger partial charge in [-0.2, -0.15) is 0 Å². The van der Waals surface area contributed by atoms with Crippen LogP contribution in [0.3, 0.4) is 0 Å². The SMILES string of the molecule is O=C(O)c1ccc(N2C(=O)CCCCC2=O)cc1F. The predicted molar refractivity (Wildman–Crippen MR) is 64.3 cm³/mol. The van der Waals surface area contributed by atoms with E-state index >= 15 is 0 Å². The number of hydrogen-bond donors (Lipinski definition) is 1. The lowest BCUT2D eigenvalue weighted by atomic mass is 10.1. The zero-order chi connectivity index (χ0) is 14.0. The topological polar surface area (TPSA) is 74.7 Å². The largest absolute Gasteiger partial charge is 0.478 e. The number of rotatable bonds is 2. The number of carboxylic acids is 1. The van der Waals surface area contributed by atoms with E-state index < -0.39 is 17.3 Å². The Kier molecular flexibility index (Phi) is 3.59. The van der Waals surface area contributed by atoms with Gasteiger partial charge in [0, 0.05) is 12.8 Å². The van der Waals surface area contributed by atoms with Gasteiger partial charge in [-0.15, -0.1) is 0 Å². The van der Waals surface area contributed by atoms with Crippen LogP contribution in [0.1, 0.15) is 36.0 Å². The summed E-state index contributed by atoms with van der Waals surface area (Å²) in [5.74, 6) is -3.12. The summed E-state index contributed by atoms with van der Waals surface area (Å²) in [6.45, 7) is 0. The van der Waals surface area contributed by atoms with E-state index in [1.165, 1.54) is 6.07 Å². The molecule has 19 heavy (non-hydrogen) atoms. The Morgan fingerprint density at radius 2 is 1.74 bits per heavy atom. The Bertz CT molecular complexity index is 538. The van der Waals surface area contributed by atoms with Gasteiger partial charge in [0.05, 0.1) is 11.3 Å². The molecule has 100 valence electrons. The molecule has 0 spiro atoms. The Morgan fingerprint density at radius 1 is 1.16 bits per heavy atom. The number of nitrogens with zero attached hydrogens (tertiary/aromatic N) is 1. The van der Waals surface area contributed by atoms with Gasteiger partial charge in [0.1, 0.15) is 5.82 Å². The standard InChI is InChI=1S/C13H12FNO4/c14-10-7-8(5-6-9(10)13(18)19)15-11(16)3-1-2-4-12(15)17/h5-7H,1-4H2,(H,18,19). The molecular formula is C13H12FNO4. The van der Waals surface area contributed by atoms with Gasteiger partial charge in [0.2, 0.25) is 11.8 Å². The monoisotopic (exact) mass is 265 g/mol. The van der Waals surface area contributed by atoms with E-state index in [-0.39, 0.29) is 30.3 Å². The maximum atomic E-state index is 13.6. The highest BCUT2D eigenvalue weighted by atomic mass is 19.1. The number of carbonyl (C=O) groups excluding carboxylic acids is 2. The molecule has 2 amide bonds. The van der Waals surface area contributed by atoms with Crippen LogP contribution in [0.4, 0.5) is 10.1 Å². The van der Waals surface area contributed by atoms with Gasteiger partial charge in [-0.3, -0.25) is 14.5 Å². The summed E-state index contributed by atoms with van der Waals surface area (Å²) >= 11 is 0. The van der Waals surface area contributed by atoms with Crippen molar-refractivity contribution in [2.24, 2.45) is 0 Å². The molecule has 0 unspecified atom stereocenters. The lowest BCUT2D eigenvalue weighted by Gasteiger charge is -2.19. The summed E-state index contributed by atoms with van der Waals surface area (Å²) in [4.78, 5) is 35.3. The third-order valence-electron chi connectivity index (χ3n) is 2.97. The molecule has 6 heteroatoms. The van der Waals surface area contributed by atoms with E-state index in [1.807, 2.05) is 0 Å². The van der Waals surface area contributed by atoms with Crippen LogP contribution >= 0.6 is 0 Å². The van der Waals surface area contributed by atoms with Crippen LogP contribution in [-0.2, 0) is 9.59 Å². The minimum Gasteiger partial charge on any atom is -0.478 e. The van der Waals surface area contributed by atoms with Gasteiger partial charge in [0.25, 0.3) is 0 Å². The predicted octanol–water partition coefficient (Wildman–Crippen LogP) is 1.96. The molecule has 0 bridgehead atoms. The van der Waals surface area contributed by atoms with Crippen LogP contribution in [0.15, 0.2) is 18.2 Å². The van der Waals surface area contributed by atoms with Crippen LogP contribution in [0, 0.1) is 5.82 Å². The van der Waals surface area contributed by atoms with Crippen LogP contribution < -0.4 is 4.90 Å². The van der Waals surface area contributed by atoms with E-state index in [1.54, 1.807) is 0 Å². The Labute approximate surface area is 108 Å². The van der Waals surface area contributed by atoms with Crippen molar-refractivity contribution in [2.75, 3.05) is 4.90 Å². The molecule has 1 aliphatic rings. The number of carboxylic acid groups (broad SMARTS) is 1. The van der Waals surface area contributed by atoms with Crippen molar-refractivity contribution in [3.63, 3.8) is 0 Å². The highest BCUT2D eigenvalue weighted by Crippen LogP contribution is 2.23. The summed E-state index contributed by atoms with van der Waals surface area (Å²) in [5, 5.41) is 8.73. The van der Waals surface area contributed by atoms with Crippen molar-refractivity contribution >= 4 is 23.5 Å². The minimum atomic E-state index is -1.39. The third kappa shape index (κ3) is 2.62. The van der Waals surface area contributed by atoms with E-state index in [0.717, 1.165) is 17.0 Å². The molecule has 0 aromatic heterocycles. The van der Waals surface area contributed by atoms with Crippen molar-refractivity contribution < 1.29 is 23.9 Å². The number of halogens is 1. The molecule has 1 heterocycles. The number of aromatic carboxylic acids is 1. The summed E-state index contributed by atoms with van der Waals surface area (Å²) in [7, 11) is 0. The van der Waals surface area contributed by atoms with Gasteiger partial charge in [-0.05, 0) is 31.0 Å². The summed E-state index contributed by atoms with van der Waals surface area (Å²) in [6, 6.07) is 3.23. The van der Waals surface area contributed by atoms with E-state index in [0.29, 0.717) is 12.8 Å². The fourth-order valence-electron chi connectivity index (χ4n) is 2.02. The molecular weight excluding hydrogens is 253 g/mol. The van der Waals surface area contributed by atoms with Gasteiger partial charge in [0.15, 0.2) is 0 Å². The smallest absolute Gasteiger partial charge is 0.338 e. The molecule has 1 fully saturated rings. The quantitative estimate of drug-likeness (QED) is 0.829. The lowest BCUT2D eigenvalue weighted by molar-refractivity contribution is -0.125. The van der Waals surface area contributed by atoms with Crippen LogP contribution in [-0.4, -0.2) is 22.9 Å². The maximum Gasteiger partial charge on any atom is 0.338 e. The van der Waals surface area contributed by atoms with Crippen LogP contribution in [0.5, 0.6) is 0 Å². The molecule has 1 aliphatic heterocycles. The Hall–Kier alpha value is -2.24. The van der Waals surface area contributed by atoms with Gasteiger partial charge in [-0.1, -0.05) is 0 Å². The summed E-state index contributed by atoms with van der Waals surface area (Å²) < 4.78 is 13.6. The van der Waals surface area contributed by atoms with Gasteiger partial charge in [-0.25, -0.2) is 9.18 Å². The van der Waals surface area contributed by atoms with Crippen molar-refractivity contribution in [2.45, 2.75) is 25.7 Å².